The molecule has 0 rings (SSSR count). The standard InChI is InChI=1S/C7H15O3/c1-7(2,9)3-5-10-6-4-8/h8-9H,1,3-6H2,2H3. The molecule has 10 heavy (non-hydrogen) atoms. The summed E-state index contributed by atoms with van der Waals surface area (Å²) >= 11 is 0. The molecule has 1 atom stereocenters. The smallest absolute Gasteiger partial charge is 0.0697 e. The molecule has 0 saturated heterocycles. The summed E-state index contributed by atoms with van der Waals surface area (Å²) < 4.78 is 4.91. The van der Waals surface area contributed by atoms with E-state index in [9.17, 15) is 0 Å². The molecule has 61 valence electrons. The van der Waals surface area contributed by atoms with Crippen LogP contribution in [0.4, 0.5) is 0 Å². The van der Waals surface area contributed by atoms with E-state index in [1.54, 1.807) is 6.92 Å². The normalized spacial score (nSPS) is 12.0. The van der Waals surface area contributed by atoms with E-state index < -0.39 is 5.60 Å². The molecule has 0 fully saturated rings. The molecule has 0 aromatic carbocycles. The molecule has 0 aromatic heterocycles. The van der Waals surface area contributed by atoms with E-state index in [0.717, 1.165) is 0 Å². The van der Waals surface area contributed by atoms with Gasteiger partial charge in [-0.1, -0.05) is 0 Å². The van der Waals surface area contributed by atoms with E-state index in [0.29, 0.717) is 19.6 Å². The molecule has 0 spiro atoms. The van der Waals surface area contributed by atoms with Crippen LogP contribution in [0.2, 0.25) is 0 Å². The number of hydrogen-bond acceptors (Lipinski definition) is 3. The first-order chi connectivity index (χ1) is 4.56. The molecule has 0 aliphatic carbocycles. The van der Waals surface area contributed by atoms with Gasteiger partial charge in [-0.25, -0.2) is 0 Å². The van der Waals surface area contributed by atoms with Crippen molar-refractivity contribution in [1.29, 1.82) is 0 Å². The maximum absolute atomic E-state index is 9.06. The minimum Gasteiger partial charge on any atom is -0.394 e. The van der Waals surface area contributed by atoms with Gasteiger partial charge in [-0.2, -0.15) is 0 Å². The van der Waals surface area contributed by atoms with Crippen molar-refractivity contribution in [2.75, 3.05) is 19.8 Å². The summed E-state index contributed by atoms with van der Waals surface area (Å²) in [5, 5.41) is 17.4. The number of rotatable bonds is 5. The van der Waals surface area contributed by atoms with Gasteiger partial charge in [0.05, 0.1) is 18.8 Å². The Morgan fingerprint density at radius 2 is 2.10 bits per heavy atom. The zero-order valence-electron chi connectivity index (χ0n) is 6.34. The van der Waals surface area contributed by atoms with Crippen LogP contribution in [-0.2, 0) is 4.74 Å². The third-order valence-electron chi connectivity index (χ3n) is 1.02. The molecule has 2 N–H and O–H groups in total. The predicted molar refractivity (Wildman–Crippen MR) is 38.5 cm³/mol. The minimum absolute atomic E-state index is 0.0271. The lowest BCUT2D eigenvalue weighted by molar-refractivity contribution is 0.0344. The zero-order valence-corrected chi connectivity index (χ0v) is 6.34. The van der Waals surface area contributed by atoms with Crippen LogP contribution in [0.25, 0.3) is 0 Å². The average Bonchev–Trinajstić information content (AvgIpc) is 1.78. The van der Waals surface area contributed by atoms with Crippen molar-refractivity contribution < 1.29 is 14.9 Å². The molecule has 0 bridgehead atoms. The van der Waals surface area contributed by atoms with Gasteiger partial charge >= 0.3 is 0 Å². The van der Waals surface area contributed by atoms with E-state index in [2.05, 4.69) is 6.92 Å². The van der Waals surface area contributed by atoms with E-state index in [1.165, 1.54) is 0 Å². The van der Waals surface area contributed by atoms with Crippen LogP contribution in [0.5, 0.6) is 0 Å². The van der Waals surface area contributed by atoms with Crippen LogP contribution in [0.15, 0.2) is 0 Å². The second-order valence-corrected chi connectivity index (χ2v) is 2.58. The number of aliphatic hydroxyl groups excluding tert-OH is 1. The van der Waals surface area contributed by atoms with Gasteiger partial charge in [0.15, 0.2) is 0 Å². The Morgan fingerprint density at radius 1 is 1.50 bits per heavy atom. The van der Waals surface area contributed by atoms with Gasteiger partial charge in [-0.05, 0) is 20.3 Å². The summed E-state index contributed by atoms with van der Waals surface area (Å²) in [5.74, 6) is 0. The van der Waals surface area contributed by atoms with Crippen LogP contribution in [0.3, 0.4) is 0 Å². The first kappa shape index (κ1) is 9.88. The maximum Gasteiger partial charge on any atom is 0.0697 e. The highest BCUT2D eigenvalue weighted by molar-refractivity contribution is 4.73. The summed E-state index contributed by atoms with van der Waals surface area (Å²) in [6, 6.07) is 0. The van der Waals surface area contributed by atoms with Crippen molar-refractivity contribution in [3.63, 3.8) is 0 Å². The van der Waals surface area contributed by atoms with Gasteiger partial charge in [0.2, 0.25) is 0 Å². The second kappa shape index (κ2) is 4.66. The van der Waals surface area contributed by atoms with Crippen molar-refractivity contribution in [2.45, 2.75) is 18.9 Å². The Hall–Kier alpha value is -0.120. The van der Waals surface area contributed by atoms with Crippen LogP contribution in [0, 0.1) is 6.92 Å². The molecule has 0 saturated carbocycles. The Bertz CT molecular complexity index is 75.4. The van der Waals surface area contributed by atoms with Gasteiger partial charge in [-0.3, -0.25) is 0 Å². The first-order valence-electron chi connectivity index (χ1n) is 3.32. The second-order valence-electron chi connectivity index (χ2n) is 2.58. The zero-order chi connectivity index (χ0) is 8.04. The van der Waals surface area contributed by atoms with Crippen LogP contribution in [0.1, 0.15) is 13.3 Å². The highest BCUT2D eigenvalue weighted by Gasteiger charge is 2.11. The Labute approximate surface area is 61.6 Å². The molecule has 1 unspecified atom stereocenters. The number of aliphatic hydroxyl groups is 2. The molecule has 0 aromatic rings. The third-order valence-corrected chi connectivity index (χ3v) is 1.02. The van der Waals surface area contributed by atoms with Gasteiger partial charge in [0, 0.05) is 6.61 Å². The Kier molecular flexibility index (Phi) is 4.60. The molecular weight excluding hydrogens is 132 g/mol. The van der Waals surface area contributed by atoms with Gasteiger partial charge in [-0.15, -0.1) is 0 Å². The minimum atomic E-state index is -0.907. The highest BCUT2D eigenvalue weighted by atomic mass is 16.5. The van der Waals surface area contributed by atoms with Crippen LogP contribution >= 0.6 is 0 Å². The summed E-state index contributed by atoms with van der Waals surface area (Å²) in [7, 11) is 0. The first-order valence-corrected chi connectivity index (χ1v) is 3.32. The van der Waals surface area contributed by atoms with E-state index in [1.807, 2.05) is 0 Å². The van der Waals surface area contributed by atoms with Crippen molar-refractivity contribution in [3.05, 3.63) is 6.92 Å². The fourth-order valence-electron chi connectivity index (χ4n) is 0.459. The van der Waals surface area contributed by atoms with Crippen LogP contribution < -0.4 is 0 Å². The average molecular weight is 147 g/mol. The molecule has 3 nitrogen and oxygen atoms in total. The van der Waals surface area contributed by atoms with E-state index in [-0.39, 0.29) is 6.61 Å². The molecule has 3 heteroatoms. The topological polar surface area (TPSA) is 49.7 Å². The summed E-state index contributed by atoms with van der Waals surface area (Å²) in [4.78, 5) is 0. The summed E-state index contributed by atoms with van der Waals surface area (Å²) in [5.41, 5.74) is -0.907. The SMILES string of the molecule is [CH2]C(C)(O)CCOCCO. The van der Waals surface area contributed by atoms with Gasteiger partial charge in [0.25, 0.3) is 0 Å². The number of ether oxygens (including phenoxy) is 1. The predicted octanol–water partition coefficient (Wildman–Crippen LogP) is -0.0295. The van der Waals surface area contributed by atoms with Crippen LogP contribution in [-0.4, -0.2) is 35.6 Å². The summed E-state index contributed by atoms with van der Waals surface area (Å²) in [6.07, 6.45) is 0.493. The number of hydrogen-bond donors (Lipinski definition) is 2. The fraction of sp³-hybridized carbons (Fsp3) is 0.857. The van der Waals surface area contributed by atoms with Gasteiger partial charge in [0.1, 0.15) is 0 Å². The largest absolute Gasteiger partial charge is 0.394 e. The fourth-order valence-corrected chi connectivity index (χ4v) is 0.459. The van der Waals surface area contributed by atoms with Crippen molar-refractivity contribution in [3.8, 4) is 0 Å². The molecule has 0 aliphatic heterocycles. The van der Waals surface area contributed by atoms with Crippen molar-refractivity contribution >= 4 is 0 Å². The van der Waals surface area contributed by atoms with Gasteiger partial charge < -0.3 is 14.9 Å². The lowest BCUT2D eigenvalue weighted by Gasteiger charge is -2.15. The lowest BCUT2D eigenvalue weighted by atomic mass is 10.1. The maximum atomic E-state index is 9.06. The molecule has 0 amide bonds. The Morgan fingerprint density at radius 3 is 2.50 bits per heavy atom. The van der Waals surface area contributed by atoms with E-state index >= 15 is 0 Å². The lowest BCUT2D eigenvalue weighted by Crippen LogP contribution is -2.21. The molecule has 0 heterocycles. The monoisotopic (exact) mass is 147 g/mol. The molecule has 0 aliphatic rings. The van der Waals surface area contributed by atoms with Crippen molar-refractivity contribution in [1.82, 2.24) is 0 Å². The quantitative estimate of drug-likeness (QED) is 0.537. The van der Waals surface area contributed by atoms with Crippen molar-refractivity contribution in [2.24, 2.45) is 0 Å². The molecular formula is C7H15O3. The Balaban J connectivity index is 3.04. The van der Waals surface area contributed by atoms with E-state index in [4.69, 9.17) is 14.9 Å². The third kappa shape index (κ3) is 7.88. The molecule has 1 radical (unpaired) electrons. The highest BCUT2D eigenvalue weighted by Crippen LogP contribution is 2.05. The summed E-state index contributed by atoms with van der Waals surface area (Å²) in [6.45, 7) is 5.90.